The van der Waals surface area contributed by atoms with Gasteiger partial charge >= 0.3 is 6.01 Å². The lowest BCUT2D eigenvalue weighted by molar-refractivity contribution is 0.0781. The summed E-state index contributed by atoms with van der Waals surface area (Å²) in [5, 5.41) is 10.6. The van der Waals surface area contributed by atoms with Crippen molar-refractivity contribution in [1.29, 1.82) is 5.26 Å². The van der Waals surface area contributed by atoms with E-state index in [2.05, 4.69) is 14.9 Å². The van der Waals surface area contributed by atoms with E-state index in [1.54, 1.807) is 7.11 Å². The molecule has 0 spiro atoms. The van der Waals surface area contributed by atoms with Crippen LogP contribution in [0.1, 0.15) is 36.0 Å². The summed E-state index contributed by atoms with van der Waals surface area (Å²) in [6, 6.07) is 2.01. The Hall–Kier alpha value is -3.77. The second-order valence-electron chi connectivity index (χ2n) is 11.9. The van der Waals surface area contributed by atoms with Gasteiger partial charge in [0.15, 0.2) is 11.6 Å². The fourth-order valence-electron chi connectivity index (χ4n) is 7.33. The molecule has 44 heavy (non-hydrogen) atoms. The smallest absolute Gasteiger partial charge is 0.319 e. The van der Waals surface area contributed by atoms with E-state index in [0.717, 1.165) is 36.9 Å². The van der Waals surface area contributed by atoms with Crippen LogP contribution >= 0.6 is 11.3 Å². The van der Waals surface area contributed by atoms with Crippen molar-refractivity contribution in [2.24, 2.45) is 0 Å². The first-order valence-electron chi connectivity index (χ1n) is 14.5. The van der Waals surface area contributed by atoms with Gasteiger partial charge in [-0.05, 0) is 30.5 Å². The first kappa shape index (κ1) is 27.8. The minimum absolute atomic E-state index is 0.00155. The number of methoxy groups -OCH3 is 1. The summed E-state index contributed by atoms with van der Waals surface area (Å²) in [5.41, 5.74) is 7.07. The lowest BCUT2D eigenvalue weighted by Crippen LogP contribution is -2.52. The Morgan fingerprint density at radius 1 is 1.20 bits per heavy atom. The second-order valence-corrected chi connectivity index (χ2v) is 13.0. The molecular formula is C30H28F3N7O3S. The van der Waals surface area contributed by atoms with Crippen molar-refractivity contribution in [1.82, 2.24) is 19.9 Å². The summed E-state index contributed by atoms with van der Waals surface area (Å²) in [6.07, 6.45) is 2.21. The molecule has 0 radical (unpaired) electrons. The Balaban J connectivity index is 1.32. The highest BCUT2D eigenvalue weighted by molar-refractivity contribution is 7.23. The number of rotatable bonds is 6. The minimum Gasteiger partial charge on any atom is -0.461 e. The van der Waals surface area contributed by atoms with Crippen LogP contribution in [0.25, 0.3) is 32.2 Å². The molecular weight excluding hydrogens is 595 g/mol. The molecule has 3 aromatic heterocycles. The fourth-order valence-corrected chi connectivity index (χ4v) is 8.25. The van der Waals surface area contributed by atoms with Gasteiger partial charge in [0.2, 0.25) is 0 Å². The largest absolute Gasteiger partial charge is 0.461 e. The minimum atomic E-state index is -0.925. The maximum Gasteiger partial charge on any atom is 0.319 e. The SMILES string of the molecule is COC1CN(c2nc(OC[C@@]34CCCN3C[C@H](F)C4)nc3c(F)c(-c4ncc(F)c5sc(N)c(C#N)c45)c4c(c23)COC4)C1. The molecule has 0 unspecified atom stereocenters. The van der Waals surface area contributed by atoms with Crippen LogP contribution in [0.15, 0.2) is 6.20 Å². The summed E-state index contributed by atoms with van der Waals surface area (Å²) in [7, 11) is 1.64. The molecule has 4 aliphatic rings. The standard InChI is InChI=1S/C30H28F3N7O3S/c1-41-15-9-39(10-15)28-22-18-12-42-11-17(18)20(24-21-16(6-34)27(35)44-26(21)19(32)7-36-24)23(33)25(22)37-29(38-28)43-13-30-3-2-4-40(30)8-14(31)5-30/h7,14-15H,2-5,8-13,35H2,1H3/t14-,30+/m1/s1. The van der Waals surface area contributed by atoms with E-state index in [0.29, 0.717) is 48.4 Å². The van der Waals surface area contributed by atoms with Crippen LogP contribution in [-0.4, -0.2) is 77.6 Å². The third-order valence-electron chi connectivity index (χ3n) is 9.51. The summed E-state index contributed by atoms with van der Waals surface area (Å²) in [5.74, 6) is -0.860. The number of aromatic nitrogens is 3. The topological polar surface area (TPSA) is 123 Å². The number of nitrogen functional groups attached to an aromatic ring is 1. The van der Waals surface area contributed by atoms with Gasteiger partial charge in [-0.2, -0.15) is 15.2 Å². The molecule has 0 bridgehead atoms. The number of hydrogen-bond acceptors (Lipinski definition) is 11. The van der Waals surface area contributed by atoms with Crippen LogP contribution < -0.4 is 15.4 Å². The van der Waals surface area contributed by atoms with Gasteiger partial charge in [0, 0.05) is 44.1 Å². The maximum absolute atomic E-state index is 17.0. The van der Waals surface area contributed by atoms with Crippen LogP contribution in [-0.2, 0) is 22.7 Å². The van der Waals surface area contributed by atoms with E-state index in [-0.39, 0.29) is 69.4 Å². The van der Waals surface area contributed by atoms with Crippen LogP contribution in [0, 0.1) is 23.0 Å². The van der Waals surface area contributed by atoms with Crippen molar-refractivity contribution in [3.05, 3.63) is 34.5 Å². The summed E-state index contributed by atoms with van der Waals surface area (Å²) in [4.78, 5) is 17.8. The van der Waals surface area contributed by atoms with E-state index in [1.807, 2.05) is 11.0 Å². The first-order chi connectivity index (χ1) is 21.3. The van der Waals surface area contributed by atoms with Gasteiger partial charge in [-0.1, -0.05) is 0 Å². The molecule has 8 rings (SSSR count). The van der Waals surface area contributed by atoms with Gasteiger partial charge in [-0.25, -0.2) is 13.2 Å². The number of alkyl halides is 1. The summed E-state index contributed by atoms with van der Waals surface area (Å²) in [6.45, 7) is 2.71. The van der Waals surface area contributed by atoms with Crippen LogP contribution in [0.4, 0.5) is 24.0 Å². The van der Waals surface area contributed by atoms with E-state index in [1.165, 1.54) is 0 Å². The van der Waals surface area contributed by atoms with E-state index >= 15 is 4.39 Å². The van der Waals surface area contributed by atoms with Crippen LogP contribution in [0.5, 0.6) is 6.01 Å². The third-order valence-corrected chi connectivity index (χ3v) is 10.5. The number of halogens is 3. The van der Waals surface area contributed by atoms with Crippen molar-refractivity contribution in [3.63, 3.8) is 0 Å². The highest BCUT2D eigenvalue weighted by Crippen LogP contribution is 2.47. The number of nitrogens with zero attached hydrogens (tertiary/aromatic N) is 6. The quantitative estimate of drug-likeness (QED) is 0.329. The summed E-state index contributed by atoms with van der Waals surface area (Å²) >= 11 is 0.921. The number of anilines is 2. The third kappa shape index (κ3) is 3.99. The van der Waals surface area contributed by atoms with Gasteiger partial charge < -0.3 is 24.8 Å². The van der Waals surface area contributed by atoms with Crippen molar-refractivity contribution in [2.45, 2.75) is 50.3 Å². The monoisotopic (exact) mass is 623 g/mol. The molecule has 7 heterocycles. The molecule has 0 saturated carbocycles. The van der Waals surface area contributed by atoms with E-state index in [4.69, 9.17) is 24.9 Å². The first-order valence-corrected chi connectivity index (χ1v) is 15.3. The Kier molecular flexibility index (Phi) is 6.39. The lowest BCUT2D eigenvalue weighted by atomic mass is 9.93. The van der Waals surface area contributed by atoms with Gasteiger partial charge in [0.1, 0.15) is 35.2 Å². The predicted octanol–water partition coefficient (Wildman–Crippen LogP) is 4.46. The van der Waals surface area contributed by atoms with Gasteiger partial charge in [0.25, 0.3) is 0 Å². The van der Waals surface area contributed by atoms with E-state index < -0.39 is 23.3 Å². The number of nitriles is 1. The number of hydrogen-bond donors (Lipinski definition) is 1. The van der Waals surface area contributed by atoms with Gasteiger partial charge in [-0.3, -0.25) is 9.88 Å². The Labute approximate surface area is 254 Å². The second kappa shape index (κ2) is 10.1. The predicted molar refractivity (Wildman–Crippen MR) is 157 cm³/mol. The normalized spacial score (nSPS) is 23.3. The molecule has 4 aliphatic heterocycles. The molecule has 1 aromatic carbocycles. The van der Waals surface area contributed by atoms with Gasteiger partial charge in [0.05, 0.1) is 52.4 Å². The molecule has 2 N–H and O–H groups in total. The number of benzene rings is 1. The van der Waals surface area contributed by atoms with Crippen molar-refractivity contribution in [3.8, 4) is 23.3 Å². The molecule has 2 atom stereocenters. The molecule has 10 nitrogen and oxygen atoms in total. The molecule has 14 heteroatoms. The molecule has 0 aliphatic carbocycles. The van der Waals surface area contributed by atoms with E-state index in [9.17, 15) is 14.0 Å². The average Bonchev–Trinajstić information content (AvgIpc) is 3.75. The number of ether oxygens (including phenoxy) is 3. The number of pyridine rings is 1. The number of thiophene rings is 1. The number of nitrogens with two attached hydrogens (primary N) is 1. The lowest BCUT2D eigenvalue weighted by Gasteiger charge is -2.39. The highest BCUT2D eigenvalue weighted by atomic mass is 32.1. The van der Waals surface area contributed by atoms with Crippen molar-refractivity contribution >= 4 is 43.1 Å². The Bertz CT molecular complexity index is 1890. The highest BCUT2D eigenvalue weighted by Gasteiger charge is 2.49. The maximum atomic E-state index is 17.0. The summed E-state index contributed by atoms with van der Waals surface area (Å²) < 4.78 is 64.0. The zero-order valence-corrected chi connectivity index (χ0v) is 24.6. The number of fused-ring (bicyclic) bond motifs is 5. The Morgan fingerprint density at radius 2 is 2.02 bits per heavy atom. The molecule has 3 fully saturated rings. The van der Waals surface area contributed by atoms with Crippen LogP contribution in [0.3, 0.4) is 0 Å². The van der Waals surface area contributed by atoms with Crippen LogP contribution in [0.2, 0.25) is 0 Å². The fraction of sp³-hybridized carbons (Fsp3) is 0.467. The molecule has 4 aromatic rings. The molecule has 0 amide bonds. The zero-order chi connectivity index (χ0) is 30.3. The molecule has 3 saturated heterocycles. The van der Waals surface area contributed by atoms with Crippen molar-refractivity contribution < 1.29 is 27.4 Å². The van der Waals surface area contributed by atoms with Gasteiger partial charge in [-0.15, -0.1) is 11.3 Å². The Morgan fingerprint density at radius 3 is 2.82 bits per heavy atom. The van der Waals surface area contributed by atoms with Crippen molar-refractivity contribution in [2.75, 3.05) is 50.5 Å². The molecule has 228 valence electrons. The zero-order valence-electron chi connectivity index (χ0n) is 23.8. The average molecular weight is 624 g/mol.